The zero-order valence-electron chi connectivity index (χ0n) is 18.6. The van der Waals surface area contributed by atoms with Gasteiger partial charge in [0.15, 0.2) is 11.4 Å². The smallest absolute Gasteiger partial charge is 0.294 e. The summed E-state index contributed by atoms with van der Waals surface area (Å²) in [4.78, 5) is 8.35. The standard InChI is InChI=1S/C26H17F3N6/c1-25(2,22-13-23(34-33-22)26(27,28)29)21-5-4-6-24(32-21)35-19-9-7-15(14-30)11-17(19)18-12-16(31-3)8-10-20(18)35/h4-13H,1-2H3,(H,33,34). The predicted octanol–water partition coefficient (Wildman–Crippen LogP) is 6.67. The van der Waals surface area contributed by atoms with Gasteiger partial charge in [0.1, 0.15) is 5.82 Å². The number of fused-ring (bicyclic) bond motifs is 3. The van der Waals surface area contributed by atoms with Crippen LogP contribution in [0.3, 0.4) is 0 Å². The molecule has 9 heteroatoms. The van der Waals surface area contributed by atoms with E-state index in [4.69, 9.17) is 11.6 Å². The maximum atomic E-state index is 13.1. The Bertz CT molecular complexity index is 1620. The second kappa shape index (κ2) is 7.71. The van der Waals surface area contributed by atoms with Crippen molar-refractivity contribution in [1.29, 1.82) is 5.26 Å². The number of aromatic nitrogens is 4. The number of halogens is 3. The third-order valence-electron chi connectivity index (χ3n) is 6.15. The fraction of sp³-hybridized carbons (Fsp3) is 0.154. The summed E-state index contributed by atoms with van der Waals surface area (Å²) in [6.07, 6.45) is -4.55. The van der Waals surface area contributed by atoms with Crippen molar-refractivity contribution >= 4 is 27.5 Å². The van der Waals surface area contributed by atoms with Crippen molar-refractivity contribution < 1.29 is 13.2 Å². The number of H-pyrrole nitrogens is 1. The highest BCUT2D eigenvalue weighted by Crippen LogP contribution is 2.37. The van der Waals surface area contributed by atoms with Crippen molar-refractivity contribution in [1.82, 2.24) is 19.7 Å². The lowest BCUT2D eigenvalue weighted by Gasteiger charge is -2.23. The Morgan fingerprint density at radius 1 is 0.971 bits per heavy atom. The zero-order chi connectivity index (χ0) is 25.0. The summed E-state index contributed by atoms with van der Waals surface area (Å²) < 4.78 is 41.2. The van der Waals surface area contributed by atoms with Crippen LogP contribution in [0.25, 0.3) is 32.5 Å². The molecule has 0 spiro atoms. The minimum absolute atomic E-state index is 0.289. The Balaban J connectivity index is 1.71. The lowest BCUT2D eigenvalue weighted by atomic mass is 9.85. The summed E-state index contributed by atoms with van der Waals surface area (Å²) in [7, 11) is 0. The van der Waals surface area contributed by atoms with Gasteiger partial charge in [0, 0.05) is 16.5 Å². The molecule has 5 aromatic rings. The van der Waals surface area contributed by atoms with Gasteiger partial charge in [-0.1, -0.05) is 12.1 Å². The Labute approximate surface area is 198 Å². The Morgan fingerprint density at radius 3 is 2.34 bits per heavy atom. The lowest BCUT2D eigenvalue weighted by molar-refractivity contribution is -0.141. The van der Waals surface area contributed by atoms with Gasteiger partial charge in [0.05, 0.1) is 34.9 Å². The van der Waals surface area contributed by atoms with Crippen molar-refractivity contribution in [2.75, 3.05) is 0 Å². The zero-order valence-corrected chi connectivity index (χ0v) is 18.6. The number of aromatic amines is 1. The molecular formula is C26H17F3N6. The summed E-state index contributed by atoms with van der Waals surface area (Å²) in [6, 6.07) is 19.2. The molecule has 0 saturated carbocycles. The Hall–Kier alpha value is -4.63. The van der Waals surface area contributed by atoms with Crippen LogP contribution in [0.15, 0.2) is 60.7 Å². The molecule has 5 rings (SSSR count). The first kappa shape index (κ1) is 22.2. The first-order chi connectivity index (χ1) is 16.6. The van der Waals surface area contributed by atoms with Crippen LogP contribution in [-0.2, 0) is 11.6 Å². The number of nitrogens with one attached hydrogen (secondary N) is 1. The number of nitriles is 1. The van der Waals surface area contributed by atoms with Crippen molar-refractivity contribution in [2.45, 2.75) is 25.4 Å². The van der Waals surface area contributed by atoms with Gasteiger partial charge in [-0.3, -0.25) is 9.67 Å². The Kier molecular flexibility index (Phi) is 4.89. The van der Waals surface area contributed by atoms with Gasteiger partial charge >= 0.3 is 6.18 Å². The average molecular weight is 470 g/mol. The second-order valence-electron chi connectivity index (χ2n) is 8.66. The van der Waals surface area contributed by atoms with Gasteiger partial charge in [-0.25, -0.2) is 9.83 Å². The van der Waals surface area contributed by atoms with Gasteiger partial charge in [0.2, 0.25) is 0 Å². The number of rotatable bonds is 3. The predicted molar refractivity (Wildman–Crippen MR) is 125 cm³/mol. The fourth-order valence-electron chi connectivity index (χ4n) is 4.22. The molecule has 0 aliphatic carbocycles. The van der Waals surface area contributed by atoms with E-state index in [9.17, 15) is 18.4 Å². The number of alkyl halides is 3. The highest BCUT2D eigenvalue weighted by atomic mass is 19.4. The largest absolute Gasteiger partial charge is 0.435 e. The van der Waals surface area contributed by atoms with E-state index in [2.05, 4.69) is 21.1 Å². The third kappa shape index (κ3) is 3.58. The van der Waals surface area contributed by atoms with Crippen LogP contribution in [0.5, 0.6) is 0 Å². The molecule has 172 valence electrons. The monoisotopic (exact) mass is 470 g/mol. The Morgan fingerprint density at radius 2 is 1.69 bits per heavy atom. The molecule has 0 fully saturated rings. The summed E-state index contributed by atoms with van der Waals surface area (Å²) in [5.41, 5.74) is 1.52. The van der Waals surface area contributed by atoms with Gasteiger partial charge in [-0.15, -0.1) is 0 Å². The molecule has 3 aromatic heterocycles. The fourth-order valence-corrected chi connectivity index (χ4v) is 4.22. The van der Waals surface area contributed by atoms with E-state index in [0.29, 0.717) is 22.8 Å². The van der Waals surface area contributed by atoms with Crippen molar-refractivity contribution in [3.05, 3.63) is 94.7 Å². The normalized spacial score (nSPS) is 12.1. The maximum Gasteiger partial charge on any atom is 0.435 e. The van der Waals surface area contributed by atoms with E-state index >= 15 is 0 Å². The van der Waals surface area contributed by atoms with E-state index in [0.717, 1.165) is 27.9 Å². The van der Waals surface area contributed by atoms with Crippen molar-refractivity contribution in [2.24, 2.45) is 0 Å². The molecule has 0 bridgehead atoms. The average Bonchev–Trinajstić information content (AvgIpc) is 3.47. The van der Waals surface area contributed by atoms with E-state index in [1.807, 2.05) is 22.8 Å². The molecule has 0 aliphatic rings. The minimum atomic E-state index is -4.55. The maximum absolute atomic E-state index is 13.1. The number of hydrogen-bond acceptors (Lipinski definition) is 3. The first-order valence-corrected chi connectivity index (χ1v) is 10.6. The van der Waals surface area contributed by atoms with E-state index in [1.54, 1.807) is 50.2 Å². The number of nitrogens with zero attached hydrogens (tertiary/aromatic N) is 5. The van der Waals surface area contributed by atoms with E-state index in [-0.39, 0.29) is 5.69 Å². The van der Waals surface area contributed by atoms with Crippen LogP contribution in [0.4, 0.5) is 18.9 Å². The molecule has 1 N–H and O–H groups in total. The molecule has 35 heavy (non-hydrogen) atoms. The van der Waals surface area contributed by atoms with Crippen LogP contribution < -0.4 is 0 Å². The van der Waals surface area contributed by atoms with Gasteiger partial charge in [-0.2, -0.15) is 23.5 Å². The van der Waals surface area contributed by atoms with Gasteiger partial charge in [0.25, 0.3) is 0 Å². The molecule has 3 heterocycles. The highest BCUT2D eigenvalue weighted by Gasteiger charge is 2.37. The molecular weight excluding hydrogens is 453 g/mol. The minimum Gasteiger partial charge on any atom is -0.294 e. The van der Waals surface area contributed by atoms with Crippen LogP contribution in [0.1, 0.15) is 36.5 Å². The SMILES string of the molecule is [C-]#[N+]c1ccc2c(c1)c1cc(C#N)ccc1n2-c1cccc(C(C)(C)c2cc(C(F)(F)F)n[nH]2)n1. The molecule has 0 radical (unpaired) electrons. The summed E-state index contributed by atoms with van der Waals surface area (Å²) in [5.74, 6) is 0.561. The molecule has 0 unspecified atom stereocenters. The van der Waals surface area contributed by atoms with Crippen LogP contribution in [0.2, 0.25) is 0 Å². The van der Waals surface area contributed by atoms with E-state index < -0.39 is 17.3 Å². The van der Waals surface area contributed by atoms with Crippen LogP contribution in [-0.4, -0.2) is 19.7 Å². The van der Waals surface area contributed by atoms with Gasteiger partial charge < -0.3 is 0 Å². The molecule has 0 atom stereocenters. The topological polar surface area (TPSA) is 74.7 Å². The van der Waals surface area contributed by atoms with Crippen molar-refractivity contribution in [3.8, 4) is 11.9 Å². The molecule has 0 aliphatic heterocycles. The first-order valence-electron chi connectivity index (χ1n) is 10.6. The van der Waals surface area contributed by atoms with Crippen LogP contribution >= 0.6 is 0 Å². The van der Waals surface area contributed by atoms with Gasteiger partial charge in [-0.05, 0) is 67.8 Å². The molecule has 0 saturated heterocycles. The molecule has 6 nitrogen and oxygen atoms in total. The second-order valence-corrected chi connectivity index (χ2v) is 8.66. The molecule has 2 aromatic carbocycles. The third-order valence-corrected chi connectivity index (χ3v) is 6.15. The number of hydrogen-bond donors (Lipinski definition) is 1. The quantitative estimate of drug-likeness (QED) is 0.299. The summed E-state index contributed by atoms with van der Waals surface area (Å²) in [5, 5.41) is 16.9. The molecule has 0 amide bonds. The lowest BCUT2D eigenvalue weighted by Crippen LogP contribution is -2.22. The van der Waals surface area contributed by atoms with Crippen LogP contribution in [0, 0.1) is 17.9 Å². The highest BCUT2D eigenvalue weighted by molar-refractivity contribution is 6.10. The number of pyridine rings is 1. The summed E-state index contributed by atoms with van der Waals surface area (Å²) in [6.45, 7) is 10.9. The summed E-state index contributed by atoms with van der Waals surface area (Å²) >= 11 is 0. The number of benzene rings is 2. The van der Waals surface area contributed by atoms with E-state index in [1.165, 1.54) is 0 Å². The van der Waals surface area contributed by atoms with Crippen molar-refractivity contribution in [3.63, 3.8) is 0 Å².